The fraction of sp³-hybridized carbons (Fsp3) is 0.364. The maximum absolute atomic E-state index is 12.8. The summed E-state index contributed by atoms with van der Waals surface area (Å²) >= 11 is 1.67. The van der Waals surface area contributed by atoms with Gasteiger partial charge in [0, 0.05) is 38.9 Å². The summed E-state index contributed by atoms with van der Waals surface area (Å²) in [6.45, 7) is 6.24. The Morgan fingerprint density at radius 1 is 1.07 bits per heavy atom. The van der Waals surface area contributed by atoms with E-state index in [1.807, 2.05) is 36.2 Å². The zero-order valence-electron chi connectivity index (χ0n) is 16.4. The van der Waals surface area contributed by atoms with E-state index in [-0.39, 0.29) is 11.9 Å². The Morgan fingerprint density at radius 2 is 1.75 bits per heavy atom. The van der Waals surface area contributed by atoms with Crippen LogP contribution in [0.3, 0.4) is 0 Å². The first kappa shape index (κ1) is 18.9. The highest BCUT2D eigenvalue weighted by Crippen LogP contribution is 2.29. The molecule has 4 rings (SSSR count). The molecule has 0 radical (unpaired) electrons. The highest BCUT2D eigenvalue weighted by molar-refractivity contribution is 7.18. The van der Waals surface area contributed by atoms with E-state index in [0.29, 0.717) is 6.54 Å². The molecule has 0 unspecified atom stereocenters. The van der Waals surface area contributed by atoms with E-state index < -0.39 is 0 Å². The first-order valence-corrected chi connectivity index (χ1v) is 10.6. The molecule has 2 aromatic carbocycles. The molecule has 3 aromatic rings. The van der Waals surface area contributed by atoms with Crippen LogP contribution in [0.1, 0.15) is 18.0 Å². The molecule has 1 amide bonds. The average Bonchev–Trinajstić information content (AvgIpc) is 3.18. The second kappa shape index (κ2) is 8.29. The zero-order valence-corrected chi connectivity index (χ0v) is 17.2. The number of thiazole rings is 1. The van der Waals surface area contributed by atoms with Crippen LogP contribution in [0.5, 0.6) is 0 Å². The number of fused-ring (bicyclic) bond motifs is 1. The molecule has 1 saturated heterocycles. The largest absolute Gasteiger partial charge is 0.369 e. The molecule has 1 aliphatic heterocycles. The van der Waals surface area contributed by atoms with Crippen molar-refractivity contribution in [3.63, 3.8) is 0 Å². The van der Waals surface area contributed by atoms with Crippen LogP contribution in [0.15, 0.2) is 54.6 Å². The van der Waals surface area contributed by atoms with E-state index in [4.69, 9.17) is 4.98 Å². The summed E-state index contributed by atoms with van der Waals surface area (Å²) < 4.78 is 1.17. The van der Waals surface area contributed by atoms with Crippen molar-refractivity contribution in [1.29, 1.82) is 0 Å². The number of aromatic nitrogens is 1. The molecule has 146 valence electrons. The minimum absolute atomic E-state index is 0.0180. The SMILES string of the molecule is C[C@H](c1nc2ccccc2s1)N(C)C(=O)CN1CCN(c2ccccc2)CC1. The lowest BCUT2D eigenvalue weighted by atomic mass is 10.2. The number of para-hydroxylation sites is 2. The van der Waals surface area contributed by atoms with Crippen molar-refractivity contribution in [3.05, 3.63) is 59.6 Å². The zero-order chi connectivity index (χ0) is 19.5. The van der Waals surface area contributed by atoms with Gasteiger partial charge < -0.3 is 9.80 Å². The number of hydrogen-bond donors (Lipinski definition) is 0. The fourth-order valence-corrected chi connectivity index (χ4v) is 4.62. The summed E-state index contributed by atoms with van der Waals surface area (Å²) in [5.41, 5.74) is 2.27. The molecule has 0 bridgehead atoms. The molecule has 1 aromatic heterocycles. The number of carbonyl (C=O) groups excluding carboxylic acids is 1. The van der Waals surface area contributed by atoms with Crippen LogP contribution in [0.2, 0.25) is 0 Å². The van der Waals surface area contributed by atoms with Gasteiger partial charge in [0.15, 0.2) is 0 Å². The molecule has 5 nitrogen and oxygen atoms in total. The maximum atomic E-state index is 12.8. The second-order valence-corrected chi connectivity index (χ2v) is 8.36. The number of benzene rings is 2. The van der Waals surface area contributed by atoms with Gasteiger partial charge in [-0.25, -0.2) is 4.98 Å². The number of likely N-dealkylation sites (N-methyl/N-ethyl adjacent to an activating group) is 1. The van der Waals surface area contributed by atoms with Gasteiger partial charge in [0.05, 0.1) is 22.8 Å². The Labute approximate surface area is 170 Å². The molecule has 1 fully saturated rings. The fourth-order valence-electron chi connectivity index (χ4n) is 3.56. The molecule has 0 N–H and O–H groups in total. The van der Waals surface area contributed by atoms with E-state index >= 15 is 0 Å². The van der Waals surface area contributed by atoms with Crippen molar-refractivity contribution in [2.24, 2.45) is 0 Å². The van der Waals surface area contributed by atoms with E-state index in [1.54, 1.807) is 11.3 Å². The summed E-state index contributed by atoms with van der Waals surface area (Å²) in [4.78, 5) is 24.0. The maximum Gasteiger partial charge on any atom is 0.237 e. The number of piperazine rings is 1. The van der Waals surface area contributed by atoms with Crippen molar-refractivity contribution in [2.45, 2.75) is 13.0 Å². The molecule has 1 atom stereocenters. The number of amides is 1. The quantitative estimate of drug-likeness (QED) is 0.662. The third kappa shape index (κ3) is 4.03. The summed E-state index contributed by atoms with van der Waals surface area (Å²) in [6, 6.07) is 18.6. The third-order valence-corrected chi connectivity index (χ3v) is 6.70. The molecular formula is C22H26N4OS. The summed E-state index contributed by atoms with van der Waals surface area (Å²) in [5.74, 6) is 0.153. The summed E-state index contributed by atoms with van der Waals surface area (Å²) in [5, 5.41) is 0.992. The third-order valence-electron chi connectivity index (χ3n) is 5.49. The van der Waals surface area contributed by atoms with Crippen LogP contribution in [0.25, 0.3) is 10.2 Å². The van der Waals surface area contributed by atoms with Crippen LogP contribution < -0.4 is 4.90 Å². The van der Waals surface area contributed by atoms with Gasteiger partial charge in [0.25, 0.3) is 0 Å². The van der Waals surface area contributed by atoms with Crippen molar-refractivity contribution in [3.8, 4) is 0 Å². The van der Waals surface area contributed by atoms with Gasteiger partial charge in [-0.1, -0.05) is 30.3 Å². The minimum Gasteiger partial charge on any atom is -0.369 e. The lowest BCUT2D eigenvalue weighted by Gasteiger charge is -2.36. The average molecular weight is 395 g/mol. The van der Waals surface area contributed by atoms with Gasteiger partial charge in [-0.05, 0) is 31.2 Å². The second-order valence-electron chi connectivity index (χ2n) is 7.30. The number of nitrogens with zero attached hydrogens (tertiary/aromatic N) is 4. The first-order valence-electron chi connectivity index (χ1n) is 9.75. The summed E-state index contributed by atoms with van der Waals surface area (Å²) in [6.07, 6.45) is 0. The Kier molecular flexibility index (Phi) is 5.59. The van der Waals surface area contributed by atoms with Gasteiger partial charge in [-0.2, -0.15) is 0 Å². The molecular weight excluding hydrogens is 368 g/mol. The number of rotatable bonds is 5. The predicted molar refractivity (Wildman–Crippen MR) is 116 cm³/mol. The molecule has 1 aliphatic rings. The van der Waals surface area contributed by atoms with Gasteiger partial charge in [0.2, 0.25) is 5.91 Å². The Morgan fingerprint density at radius 3 is 2.46 bits per heavy atom. The molecule has 28 heavy (non-hydrogen) atoms. The monoisotopic (exact) mass is 394 g/mol. The molecule has 6 heteroatoms. The highest BCUT2D eigenvalue weighted by atomic mass is 32.1. The van der Waals surface area contributed by atoms with Gasteiger partial charge in [-0.15, -0.1) is 11.3 Å². The van der Waals surface area contributed by atoms with E-state index in [9.17, 15) is 4.79 Å². The van der Waals surface area contributed by atoms with Crippen molar-refractivity contribution >= 4 is 33.1 Å². The lowest BCUT2D eigenvalue weighted by molar-refractivity contribution is -0.133. The van der Waals surface area contributed by atoms with Crippen LogP contribution in [-0.2, 0) is 4.79 Å². The molecule has 0 aliphatic carbocycles. The first-order chi connectivity index (χ1) is 13.6. The standard InChI is InChI=1S/C22H26N4OS/c1-17(22-23-19-10-6-7-11-20(19)28-22)24(2)21(27)16-25-12-14-26(15-13-25)18-8-4-3-5-9-18/h3-11,17H,12-16H2,1-2H3/t17-/m1/s1. The normalized spacial score (nSPS) is 16.3. The van der Waals surface area contributed by atoms with Crippen LogP contribution in [-0.4, -0.2) is 60.5 Å². The topological polar surface area (TPSA) is 39.7 Å². The number of hydrogen-bond acceptors (Lipinski definition) is 5. The van der Waals surface area contributed by atoms with Crippen LogP contribution in [0.4, 0.5) is 5.69 Å². The Bertz CT molecular complexity index is 901. The predicted octanol–water partition coefficient (Wildman–Crippen LogP) is 3.64. The Balaban J connectivity index is 1.33. The Hall–Kier alpha value is -2.44. The smallest absolute Gasteiger partial charge is 0.237 e. The molecule has 2 heterocycles. The van der Waals surface area contributed by atoms with Gasteiger partial charge in [-0.3, -0.25) is 9.69 Å². The van der Waals surface area contributed by atoms with Crippen LogP contribution in [0, 0.1) is 0 Å². The van der Waals surface area contributed by atoms with Crippen molar-refractivity contribution in [2.75, 3.05) is 44.7 Å². The van der Waals surface area contributed by atoms with E-state index in [0.717, 1.165) is 36.7 Å². The van der Waals surface area contributed by atoms with Gasteiger partial charge >= 0.3 is 0 Å². The lowest BCUT2D eigenvalue weighted by Crippen LogP contribution is -2.49. The highest BCUT2D eigenvalue weighted by Gasteiger charge is 2.24. The van der Waals surface area contributed by atoms with Crippen molar-refractivity contribution in [1.82, 2.24) is 14.8 Å². The van der Waals surface area contributed by atoms with E-state index in [2.05, 4.69) is 47.1 Å². The van der Waals surface area contributed by atoms with Crippen molar-refractivity contribution < 1.29 is 4.79 Å². The summed E-state index contributed by atoms with van der Waals surface area (Å²) in [7, 11) is 1.89. The molecule has 0 spiro atoms. The number of carbonyl (C=O) groups is 1. The molecule has 0 saturated carbocycles. The van der Waals surface area contributed by atoms with Gasteiger partial charge in [0.1, 0.15) is 5.01 Å². The number of anilines is 1. The van der Waals surface area contributed by atoms with Crippen LogP contribution >= 0.6 is 11.3 Å². The van der Waals surface area contributed by atoms with E-state index in [1.165, 1.54) is 10.4 Å². The minimum atomic E-state index is -0.0180.